The number of methoxy groups -OCH3 is 1. The number of aromatic nitrogens is 1. The zero-order valence-electron chi connectivity index (χ0n) is 14.1. The maximum atomic E-state index is 5.78. The van der Waals surface area contributed by atoms with Crippen LogP contribution in [0.25, 0.3) is 10.9 Å². The lowest BCUT2D eigenvalue weighted by Crippen LogP contribution is -2.69. The highest BCUT2D eigenvalue weighted by Gasteiger charge is 2.60. The van der Waals surface area contributed by atoms with Crippen molar-refractivity contribution in [3.8, 4) is 0 Å². The number of benzene rings is 1. The standard InChI is InChI=1S/C20H23N3O/c1-10-14-9-21-20(24-2)18-12(14)7-17-19-13(8-16(18)23(10)17)11-5-3-4-6-15(11)22-19/h3-6,9-10,12,14,16-18,20,22H,7-8H2,1-2H3/t10-,12+,14+,16-,17-,18?,20-/m0/s1. The lowest BCUT2D eigenvalue weighted by Gasteiger charge is -2.64. The summed E-state index contributed by atoms with van der Waals surface area (Å²) in [6, 6.07) is 10.5. The van der Waals surface area contributed by atoms with E-state index in [9.17, 15) is 0 Å². The second-order valence-electron chi connectivity index (χ2n) is 8.02. The number of nitrogens with zero attached hydrogens (tertiary/aromatic N) is 2. The third-order valence-electron chi connectivity index (χ3n) is 7.27. The van der Waals surface area contributed by atoms with Gasteiger partial charge >= 0.3 is 0 Å². The number of piperidine rings is 3. The molecule has 0 amide bonds. The van der Waals surface area contributed by atoms with Crippen molar-refractivity contribution < 1.29 is 4.74 Å². The smallest absolute Gasteiger partial charge is 0.152 e. The van der Waals surface area contributed by atoms with Crippen molar-refractivity contribution in [2.45, 2.75) is 44.1 Å². The number of hydrogen-bond donors (Lipinski definition) is 1. The van der Waals surface area contributed by atoms with Gasteiger partial charge in [0, 0.05) is 53.8 Å². The number of ether oxygens (including phenoxy) is 1. The first-order valence-electron chi connectivity index (χ1n) is 9.21. The summed E-state index contributed by atoms with van der Waals surface area (Å²) in [6.07, 6.45) is 4.61. The van der Waals surface area contributed by atoms with Crippen molar-refractivity contribution in [3.63, 3.8) is 0 Å². The summed E-state index contributed by atoms with van der Waals surface area (Å²) < 4.78 is 5.78. The van der Waals surface area contributed by atoms with Crippen molar-refractivity contribution in [2.24, 2.45) is 22.7 Å². The number of para-hydroxylation sites is 1. The Labute approximate surface area is 141 Å². The summed E-state index contributed by atoms with van der Waals surface area (Å²) in [6.45, 7) is 2.40. The molecule has 1 aromatic heterocycles. The van der Waals surface area contributed by atoms with Gasteiger partial charge in [0.05, 0.1) is 6.04 Å². The van der Waals surface area contributed by atoms with Crippen LogP contribution in [-0.4, -0.2) is 41.5 Å². The summed E-state index contributed by atoms with van der Waals surface area (Å²) in [5.74, 6) is 1.85. The molecule has 124 valence electrons. The van der Waals surface area contributed by atoms with Crippen molar-refractivity contribution in [2.75, 3.05) is 7.11 Å². The Morgan fingerprint density at radius 3 is 3.04 bits per heavy atom. The predicted octanol–water partition coefficient (Wildman–Crippen LogP) is 3.15. The fourth-order valence-electron chi connectivity index (χ4n) is 6.39. The van der Waals surface area contributed by atoms with Gasteiger partial charge in [-0.15, -0.1) is 0 Å². The Hall–Kier alpha value is -1.65. The molecule has 6 heterocycles. The predicted molar refractivity (Wildman–Crippen MR) is 94.2 cm³/mol. The van der Waals surface area contributed by atoms with Crippen LogP contribution in [0.5, 0.6) is 0 Å². The van der Waals surface area contributed by atoms with Gasteiger partial charge in [-0.2, -0.15) is 0 Å². The number of hydrogen-bond acceptors (Lipinski definition) is 3. The second-order valence-corrected chi connectivity index (χ2v) is 8.02. The van der Waals surface area contributed by atoms with Gasteiger partial charge in [-0.3, -0.25) is 9.89 Å². The third-order valence-corrected chi connectivity index (χ3v) is 7.27. The minimum Gasteiger partial charge on any atom is -0.359 e. The van der Waals surface area contributed by atoms with Crippen LogP contribution >= 0.6 is 0 Å². The summed E-state index contributed by atoms with van der Waals surface area (Å²) in [5, 5.41) is 1.42. The Kier molecular flexibility index (Phi) is 2.55. The van der Waals surface area contributed by atoms with Gasteiger partial charge in [0.1, 0.15) is 0 Å². The summed E-state index contributed by atoms with van der Waals surface area (Å²) in [4.78, 5) is 11.3. The molecule has 7 rings (SSSR count). The van der Waals surface area contributed by atoms with Gasteiger partial charge in [0.2, 0.25) is 0 Å². The molecular formula is C20H23N3O. The highest BCUT2D eigenvalue weighted by atomic mass is 16.5. The largest absolute Gasteiger partial charge is 0.359 e. The molecule has 2 aromatic rings. The van der Waals surface area contributed by atoms with E-state index in [2.05, 4.69) is 47.3 Å². The second kappa shape index (κ2) is 4.50. The molecule has 4 heteroatoms. The Balaban J connectivity index is 1.56. The van der Waals surface area contributed by atoms with E-state index in [0.717, 1.165) is 6.42 Å². The number of rotatable bonds is 1. The molecule has 24 heavy (non-hydrogen) atoms. The highest BCUT2D eigenvalue weighted by Crippen LogP contribution is 2.58. The first-order valence-corrected chi connectivity index (χ1v) is 9.21. The van der Waals surface area contributed by atoms with Crippen LogP contribution in [0.2, 0.25) is 0 Å². The van der Waals surface area contributed by atoms with Gasteiger partial charge in [-0.1, -0.05) is 18.2 Å². The van der Waals surface area contributed by atoms with Crippen LogP contribution in [0.15, 0.2) is 29.3 Å². The van der Waals surface area contributed by atoms with Crippen LogP contribution in [0.3, 0.4) is 0 Å². The van der Waals surface area contributed by atoms with Gasteiger partial charge < -0.3 is 9.72 Å². The number of aromatic amines is 1. The van der Waals surface area contributed by atoms with Gasteiger partial charge in [-0.05, 0) is 37.3 Å². The van der Waals surface area contributed by atoms with Crippen molar-refractivity contribution in [1.82, 2.24) is 9.88 Å². The maximum Gasteiger partial charge on any atom is 0.152 e. The van der Waals surface area contributed by atoms with E-state index in [4.69, 9.17) is 9.73 Å². The highest BCUT2D eigenvalue weighted by molar-refractivity contribution is 5.85. The van der Waals surface area contributed by atoms with E-state index in [1.165, 1.54) is 23.0 Å². The average molecular weight is 321 g/mol. The first kappa shape index (κ1) is 13.6. The third kappa shape index (κ3) is 1.46. The van der Waals surface area contributed by atoms with Crippen LogP contribution in [0, 0.1) is 17.8 Å². The van der Waals surface area contributed by atoms with Gasteiger partial charge in [-0.25, -0.2) is 0 Å². The maximum absolute atomic E-state index is 5.78. The molecule has 4 nitrogen and oxygen atoms in total. The normalized spacial score (nSPS) is 44.8. The SMILES string of the molecule is CO[C@@H]1N=C[C@H]2[C@H]3C[C@H]4c5[nH]c6ccccc6c5C[C@@H](C13)N4[C@H]2C. The minimum atomic E-state index is 0.0407. The zero-order chi connectivity index (χ0) is 16.0. The van der Waals surface area contributed by atoms with Crippen LogP contribution in [0.4, 0.5) is 0 Å². The molecule has 1 N–H and O–H groups in total. The molecule has 0 saturated carbocycles. The molecule has 8 atom stereocenters. The topological polar surface area (TPSA) is 40.6 Å². The van der Waals surface area contributed by atoms with E-state index in [1.807, 2.05) is 7.11 Å². The van der Waals surface area contributed by atoms with E-state index in [0.29, 0.717) is 35.9 Å². The number of H-pyrrole nitrogens is 1. The van der Waals surface area contributed by atoms with Crippen LogP contribution in [0.1, 0.15) is 30.6 Å². The Morgan fingerprint density at radius 2 is 2.17 bits per heavy atom. The van der Waals surface area contributed by atoms with Crippen molar-refractivity contribution in [1.29, 1.82) is 0 Å². The molecule has 0 radical (unpaired) electrons. The number of aliphatic imine (C=N–C) groups is 1. The minimum absolute atomic E-state index is 0.0407. The lowest BCUT2D eigenvalue weighted by molar-refractivity contribution is -0.158. The van der Waals surface area contributed by atoms with Crippen molar-refractivity contribution in [3.05, 3.63) is 35.5 Å². The van der Waals surface area contributed by atoms with E-state index >= 15 is 0 Å². The summed E-state index contributed by atoms with van der Waals surface area (Å²) in [7, 11) is 1.82. The molecule has 5 aliphatic rings. The fourth-order valence-corrected chi connectivity index (χ4v) is 6.39. The monoisotopic (exact) mass is 321 g/mol. The van der Waals surface area contributed by atoms with E-state index in [-0.39, 0.29) is 6.23 Å². The van der Waals surface area contributed by atoms with Gasteiger partial charge in [0.15, 0.2) is 6.23 Å². The summed E-state index contributed by atoms with van der Waals surface area (Å²) in [5.41, 5.74) is 4.32. The quantitative estimate of drug-likeness (QED) is 0.876. The Bertz CT molecular complexity index is 856. The zero-order valence-corrected chi connectivity index (χ0v) is 14.1. The van der Waals surface area contributed by atoms with Gasteiger partial charge in [0.25, 0.3) is 0 Å². The molecule has 0 spiro atoms. The van der Waals surface area contributed by atoms with Crippen LogP contribution in [-0.2, 0) is 11.2 Å². The molecule has 2 unspecified atom stereocenters. The van der Waals surface area contributed by atoms with E-state index in [1.54, 1.807) is 5.56 Å². The van der Waals surface area contributed by atoms with Crippen LogP contribution < -0.4 is 0 Å². The fraction of sp³-hybridized carbons (Fsp3) is 0.550. The number of fused-ring (bicyclic) bond motifs is 3. The Morgan fingerprint density at radius 1 is 1.29 bits per heavy atom. The molecule has 3 saturated heterocycles. The molecule has 3 fully saturated rings. The number of nitrogens with one attached hydrogen (secondary N) is 1. The molecule has 5 aliphatic heterocycles. The first-order chi connectivity index (χ1) is 11.8. The average Bonchev–Trinajstić information content (AvgIpc) is 2.98. The summed E-state index contributed by atoms with van der Waals surface area (Å²) >= 11 is 0. The molecular weight excluding hydrogens is 298 g/mol. The molecule has 1 aromatic carbocycles. The van der Waals surface area contributed by atoms with E-state index < -0.39 is 0 Å². The molecule has 6 bridgehead atoms. The van der Waals surface area contributed by atoms with Crippen molar-refractivity contribution >= 4 is 17.1 Å². The lowest BCUT2D eigenvalue weighted by atomic mass is 9.58. The molecule has 0 aliphatic carbocycles.